The van der Waals surface area contributed by atoms with E-state index < -0.39 is 46.3 Å². The Morgan fingerprint density at radius 3 is 2.33 bits per heavy atom. The number of halogens is 4. The first kappa shape index (κ1) is 28.8. The molecule has 2 aromatic heterocycles. The molecule has 0 unspecified atom stereocenters. The van der Waals surface area contributed by atoms with Gasteiger partial charge in [-0.1, -0.05) is 30.3 Å². The van der Waals surface area contributed by atoms with Crippen molar-refractivity contribution < 1.29 is 31.9 Å². The predicted octanol–water partition coefficient (Wildman–Crippen LogP) is 6.81. The molecule has 1 aliphatic heterocycles. The van der Waals surface area contributed by atoms with Gasteiger partial charge in [0.1, 0.15) is 11.4 Å². The minimum Gasteiger partial charge on any atom is -0.444 e. The van der Waals surface area contributed by atoms with Crippen molar-refractivity contribution in [3.05, 3.63) is 89.0 Å². The van der Waals surface area contributed by atoms with Crippen molar-refractivity contribution >= 4 is 17.7 Å². The van der Waals surface area contributed by atoms with Crippen molar-refractivity contribution in [2.45, 2.75) is 45.6 Å². The lowest BCUT2D eigenvalue weighted by atomic mass is 9.99. The lowest BCUT2D eigenvalue weighted by molar-refractivity contribution is -0.137. The number of nitrogens with zero attached hydrogens (tertiary/aromatic N) is 4. The van der Waals surface area contributed by atoms with Gasteiger partial charge < -0.3 is 10.1 Å². The van der Waals surface area contributed by atoms with E-state index in [1.54, 1.807) is 57.2 Å². The van der Waals surface area contributed by atoms with Gasteiger partial charge in [0.25, 0.3) is 5.91 Å². The largest absolute Gasteiger partial charge is 0.444 e. The fourth-order valence-electron chi connectivity index (χ4n) is 4.62. The van der Waals surface area contributed by atoms with E-state index in [0.717, 1.165) is 6.07 Å². The summed E-state index contributed by atoms with van der Waals surface area (Å²) in [7, 11) is 1.53. The number of rotatable bonds is 4. The van der Waals surface area contributed by atoms with Crippen LogP contribution in [0.3, 0.4) is 0 Å². The molecule has 0 saturated heterocycles. The Labute approximate surface area is 238 Å². The zero-order valence-corrected chi connectivity index (χ0v) is 23.2. The summed E-state index contributed by atoms with van der Waals surface area (Å²) in [6.45, 7) is 5.61. The van der Waals surface area contributed by atoms with Crippen LogP contribution < -0.4 is 5.32 Å². The number of amides is 2. The van der Waals surface area contributed by atoms with E-state index in [0.29, 0.717) is 28.6 Å². The predicted molar refractivity (Wildman–Crippen MR) is 147 cm³/mol. The van der Waals surface area contributed by atoms with E-state index in [1.165, 1.54) is 28.9 Å². The van der Waals surface area contributed by atoms with Crippen molar-refractivity contribution in [3.8, 4) is 22.5 Å². The number of nitrogens with one attached hydrogen (secondary N) is 1. The van der Waals surface area contributed by atoms with Crippen LogP contribution in [0.25, 0.3) is 22.5 Å². The summed E-state index contributed by atoms with van der Waals surface area (Å²) in [4.78, 5) is 32.3. The maximum absolute atomic E-state index is 15.1. The number of ether oxygens (including phenoxy) is 1. The van der Waals surface area contributed by atoms with E-state index in [1.807, 2.05) is 0 Å². The standard InChI is InChI=1S/C30H27F4N5O3/c1-29(2,3)42-28(41)39-15-18-12-24(26(35-25(18)16-39)17-8-6-5-7-9-17)36-27(40)20-13-19(23-10-11-38(4)37-23)21(14-22(20)31)30(32,33)34/h5-14H,15-16H2,1-4H3,(H,36,40). The molecule has 1 N–H and O–H groups in total. The van der Waals surface area contributed by atoms with Gasteiger partial charge >= 0.3 is 12.3 Å². The molecule has 1 aliphatic rings. The molecule has 2 amide bonds. The Hall–Kier alpha value is -4.74. The van der Waals surface area contributed by atoms with Gasteiger partial charge in [-0.15, -0.1) is 0 Å². The van der Waals surface area contributed by atoms with Crippen molar-refractivity contribution in [3.63, 3.8) is 0 Å². The highest BCUT2D eigenvalue weighted by molar-refractivity contribution is 6.07. The SMILES string of the molecule is Cn1ccc(-c2cc(C(=O)Nc3cc4c(nc3-c3ccccc3)CN(C(=O)OC(C)(C)C)C4)c(F)cc2C(F)(F)F)n1. The molecular weight excluding hydrogens is 554 g/mol. The third kappa shape index (κ3) is 5.97. The second-order valence-corrected chi connectivity index (χ2v) is 10.9. The van der Waals surface area contributed by atoms with Crippen LogP contribution >= 0.6 is 0 Å². The molecule has 12 heteroatoms. The van der Waals surface area contributed by atoms with E-state index in [9.17, 15) is 22.8 Å². The van der Waals surface area contributed by atoms with Crippen molar-refractivity contribution in [2.24, 2.45) is 7.05 Å². The van der Waals surface area contributed by atoms with Gasteiger partial charge in [0, 0.05) is 24.4 Å². The lowest BCUT2D eigenvalue weighted by Gasteiger charge is -2.23. The zero-order chi connectivity index (χ0) is 30.4. The summed E-state index contributed by atoms with van der Waals surface area (Å²) < 4.78 is 63.3. The topological polar surface area (TPSA) is 89.4 Å². The number of aromatic nitrogens is 3. The summed E-state index contributed by atoms with van der Waals surface area (Å²) in [5.74, 6) is -2.31. The third-order valence-electron chi connectivity index (χ3n) is 6.49. The minimum atomic E-state index is -4.88. The van der Waals surface area contributed by atoms with Crippen molar-refractivity contribution in [2.75, 3.05) is 5.32 Å². The first-order chi connectivity index (χ1) is 19.7. The average Bonchev–Trinajstić information content (AvgIpc) is 3.53. The average molecular weight is 582 g/mol. The second kappa shape index (κ2) is 10.6. The summed E-state index contributed by atoms with van der Waals surface area (Å²) in [6, 6.07) is 13.0. The highest BCUT2D eigenvalue weighted by Gasteiger charge is 2.36. The Balaban J connectivity index is 1.53. The minimum absolute atomic E-state index is 0.0646. The maximum Gasteiger partial charge on any atom is 0.417 e. The number of benzene rings is 2. The van der Waals surface area contributed by atoms with Crippen LogP contribution in [0.4, 0.5) is 28.0 Å². The van der Waals surface area contributed by atoms with Crippen LogP contribution in [0.1, 0.15) is 48.0 Å². The smallest absolute Gasteiger partial charge is 0.417 e. The molecule has 4 aromatic rings. The van der Waals surface area contributed by atoms with Crippen LogP contribution in [-0.4, -0.2) is 37.3 Å². The Morgan fingerprint density at radius 2 is 1.71 bits per heavy atom. The molecule has 0 fully saturated rings. The molecule has 3 heterocycles. The van der Waals surface area contributed by atoms with Crippen LogP contribution in [0.2, 0.25) is 0 Å². The number of pyridine rings is 1. The molecule has 0 radical (unpaired) electrons. The van der Waals surface area contributed by atoms with Gasteiger partial charge in [-0.3, -0.25) is 14.4 Å². The molecule has 0 spiro atoms. The molecule has 5 rings (SSSR count). The van der Waals surface area contributed by atoms with Crippen molar-refractivity contribution in [1.82, 2.24) is 19.7 Å². The Kier molecular flexibility index (Phi) is 7.25. The summed E-state index contributed by atoms with van der Waals surface area (Å²) in [6.07, 6.45) is -3.96. The van der Waals surface area contributed by atoms with E-state index >= 15 is 4.39 Å². The molecule has 0 aliphatic carbocycles. The van der Waals surface area contributed by atoms with E-state index in [-0.39, 0.29) is 24.5 Å². The van der Waals surface area contributed by atoms with Gasteiger partial charge in [0.15, 0.2) is 0 Å². The second-order valence-electron chi connectivity index (χ2n) is 10.9. The summed E-state index contributed by atoms with van der Waals surface area (Å²) in [5.41, 5.74) is -0.626. The first-order valence-electron chi connectivity index (χ1n) is 13.0. The number of aryl methyl sites for hydroxylation is 1. The highest BCUT2D eigenvalue weighted by Crippen LogP contribution is 2.39. The number of hydrogen-bond acceptors (Lipinski definition) is 5. The van der Waals surface area contributed by atoms with Gasteiger partial charge in [-0.25, -0.2) is 14.2 Å². The van der Waals surface area contributed by atoms with Crippen molar-refractivity contribution in [1.29, 1.82) is 0 Å². The fraction of sp³-hybridized carbons (Fsp3) is 0.267. The van der Waals surface area contributed by atoms with E-state index in [2.05, 4.69) is 10.4 Å². The lowest BCUT2D eigenvalue weighted by Crippen LogP contribution is -2.33. The Morgan fingerprint density at radius 1 is 1.00 bits per heavy atom. The molecule has 42 heavy (non-hydrogen) atoms. The number of hydrogen-bond donors (Lipinski definition) is 1. The van der Waals surface area contributed by atoms with Crippen LogP contribution in [-0.2, 0) is 31.1 Å². The Bertz CT molecular complexity index is 1680. The summed E-state index contributed by atoms with van der Waals surface area (Å²) >= 11 is 0. The summed E-state index contributed by atoms with van der Waals surface area (Å²) in [5, 5.41) is 6.65. The molecular formula is C30H27F4N5O3. The monoisotopic (exact) mass is 581 g/mol. The normalized spacial score (nSPS) is 13.2. The van der Waals surface area contributed by atoms with Crippen LogP contribution in [0, 0.1) is 5.82 Å². The molecule has 0 atom stereocenters. The highest BCUT2D eigenvalue weighted by atomic mass is 19.4. The third-order valence-corrected chi connectivity index (χ3v) is 6.49. The van der Waals surface area contributed by atoms with Crippen LogP contribution in [0.15, 0.2) is 60.8 Å². The molecule has 218 valence electrons. The van der Waals surface area contributed by atoms with Gasteiger partial charge in [0.2, 0.25) is 0 Å². The number of alkyl halides is 3. The van der Waals surface area contributed by atoms with Gasteiger partial charge in [-0.2, -0.15) is 18.3 Å². The maximum atomic E-state index is 15.1. The van der Waals surface area contributed by atoms with E-state index in [4.69, 9.17) is 9.72 Å². The molecule has 2 aromatic carbocycles. The number of fused-ring (bicyclic) bond motifs is 1. The number of carbonyl (C=O) groups is 2. The molecule has 0 saturated carbocycles. The fourth-order valence-corrected chi connectivity index (χ4v) is 4.62. The van der Waals surface area contributed by atoms with Crippen LogP contribution in [0.5, 0.6) is 0 Å². The zero-order valence-electron chi connectivity index (χ0n) is 23.2. The van der Waals surface area contributed by atoms with Gasteiger partial charge in [0.05, 0.1) is 47.0 Å². The quantitative estimate of drug-likeness (QED) is 0.268. The number of carbonyl (C=O) groups excluding carboxylic acids is 2. The number of anilines is 1. The molecule has 8 nitrogen and oxygen atoms in total. The van der Waals surface area contributed by atoms with Gasteiger partial charge in [-0.05, 0) is 50.6 Å². The first-order valence-corrected chi connectivity index (χ1v) is 13.0. The molecule has 0 bridgehead atoms.